The predicted octanol–water partition coefficient (Wildman–Crippen LogP) is 4.70. The first-order chi connectivity index (χ1) is 16.5. The van der Waals surface area contributed by atoms with Gasteiger partial charge in [0.05, 0.1) is 12.4 Å². The molecule has 0 fully saturated rings. The van der Waals surface area contributed by atoms with E-state index in [0.29, 0.717) is 27.6 Å². The van der Waals surface area contributed by atoms with E-state index in [2.05, 4.69) is 25.7 Å². The second-order valence-corrected chi connectivity index (χ2v) is 9.79. The summed E-state index contributed by atoms with van der Waals surface area (Å²) in [5.74, 6) is 1.65. The van der Waals surface area contributed by atoms with E-state index in [-0.39, 0.29) is 5.91 Å². The number of hydrogen-bond acceptors (Lipinski definition) is 9. The highest BCUT2D eigenvalue weighted by molar-refractivity contribution is 8.00. The van der Waals surface area contributed by atoms with Crippen molar-refractivity contribution in [3.63, 3.8) is 0 Å². The Morgan fingerprint density at radius 1 is 1.00 bits per heavy atom. The monoisotopic (exact) mass is 496 g/mol. The Balaban J connectivity index is 1.60. The minimum absolute atomic E-state index is 0.191. The third-order valence-electron chi connectivity index (χ3n) is 4.82. The quantitative estimate of drug-likeness (QED) is 0.333. The standard InChI is InChI=1S/C23H24N6O3S2/c1-14(32-19-13-9-8-12-18(19)31-4)20-26-28-23(29(20)17-10-6-5-7-11-17)33-15(2)21(30)24-22-27-25-16(3)34-22/h5-15H,1-4H3,(H,24,27,30). The van der Waals surface area contributed by atoms with Crippen molar-refractivity contribution in [2.24, 2.45) is 0 Å². The molecule has 1 N–H and O–H groups in total. The number of thioether (sulfide) groups is 1. The number of rotatable bonds is 9. The van der Waals surface area contributed by atoms with Crippen LogP contribution < -0.4 is 14.8 Å². The molecule has 2 atom stereocenters. The average molecular weight is 497 g/mol. The Morgan fingerprint density at radius 2 is 1.71 bits per heavy atom. The van der Waals surface area contributed by atoms with E-state index in [0.717, 1.165) is 10.7 Å². The molecule has 0 radical (unpaired) electrons. The molecule has 0 aliphatic heterocycles. The second-order valence-electron chi connectivity index (χ2n) is 7.30. The smallest absolute Gasteiger partial charge is 0.239 e. The molecule has 34 heavy (non-hydrogen) atoms. The van der Waals surface area contributed by atoms with Gasteiger partial charge in [0.25, 0.3) is 0 Å². The van der Waals surface area contributed by atoms with Gasteiger partial charge in [-0.05, 0) is 45.0 Å². The van der Waals surface area contributed by atoms with Crippen LogP contribution in [0.3, 0.4) is 0 Å². The van der Waals surface area contributed by atoms with Gasteiger partial charge in [0.1, 0.15) is 5.01 Å². The summed E-state index contributed by atoms with van der Waals surface area (Å²) >= 11 is 2.63. The van der Waals surface area contributed by atoms with Crippen LogP contribution in [0.15, 0.2) is 59.8 Å². The number of benzene rings is 2. The Hall–Kier alpha value is -3.44. The first kappa shape index (κ1) is 23.7. The molecule has 0 saturated heterocycles. The maximum absolute atomic E-state index is 12.7. The fraction of sp³-hybridized carbons (Fsp3) is 0.261. The molecule has 2 heterocycles. The zero-order valence-corrected chi connectivity index (χ0v) is 20.8. The number of aromatic nitrogens is 5. The number of para-hydroxylation sites is 3. The van der Waals surface area contributed by atoms with Gasteiger partial charge in [0, 0.05) is 5.69 Å². The van der Waals surface area contributed by atoms with Crippen molar-refractivity contribution in [1.29, 1.82) is 0 Å². The number of ether oxygens (including phenoxy) is 2. The van der Waals surface area contributed by atoms with E-state index in [1.165, 1.54) is 23.1 Å². The molecule has 9 nitrogen and oxygen atoms in total. The van der Waals surface area contributed by atoms with Crippen molar-refractivity contribution in [3.8, 4) is 17.2 Å². The van der Waals surface area contributed by atoms with E-state index >= 15 is 0 Å². The molecule has 176 valence electrons. The summed E-state index contributed by atoms with van der Waals surface area (Å²) in [5.41, 5.74) is 0.868. The maximum Gasteiger partial charge on any atom is 0.239 e. The first-order valence-corrected chi connectivity index (χ1v) is 12.2. The maximum atomic E-state index is 12.7. The molecule has 2 aromatic heterocycles. The van der Waals surface area contributed by atoms with Gasteiger partial charge in [-0.25, -0.2) is 0 Å². The number of hydrogen-bond donors (Lipinski definition) is 1. The number of anilines is 1. The normalized spacial score (nSPS) is 12.7. The highest BCUT2D eigenvalue weighted by Gasteiger charge is 2.25. The molecule has 0 spiro atoms. The van der Waals surface area contributed by atoms with Crippen molar-refractivity contribution in [2.75, 3.05) is 12.4 Å². The molecular weight excluding hydrogens is 472 g/mol. The van der Waals surface area contributed by atoms with E-state index < -0.39 is 11.4 Å². The van der Waals surface area contributed by atoms with Gasteiger partial charge in [-0.1, -0.05) is 53.4 Å². The number of methoxy groups -OCH3 is 1. The average Bonchev–Trinajstić information content (AvgIpc) is 3.45. The van der Waals surface area contributed by atoms with Crippen LogP contribution >= 0.6 is 23.1 Å². The summed E-state index contributed by atoms with van der Waals surface area (Å²) in [6.45, 7) is 5.55. The highest BCUT2D eigenvalue weighted by Crippen LogP contribution is 2.33. The zero-order valence-electron chi connectivity index (χ0n) is 19.1. The van der Waals surface area contributed by atoms with Crippen LogP contribution in [-0.2, 0) is 4.79 Å². The zero-order chi connectivity index (χ0) is 24.1. The van der Waals surface area contributed by atoms with Gasteiger partial charge < -0.3 is 9.47 Å². The lowest BCUT2D eigenvalue weighted by molar-refractivity contribution is -0.115. The molecule has 2 aromatic carbocycles. The van der Waals surface area contributed by atoms with Crippen molar-refractivity contribution < 1.29 is 14.3 Å². The van der Waals surface area contributed by atoms with Gasteiger partial charge in [0.2, 0.25) is 11.0 Å². The van der Waals surface area contributed by atoms with Crippen LogP contribution in [-0.4, -0.2) is 43.2 Å². The summed E-state index contributed by atoms with van der Waals surface area (Å²) in [4.78, 5) is 12.7. The van der Waals surface area contributed by atoms with Crippen molar-refractivity contribution in [1.82, 2.24) is 25.0 Å². The lowest BCUT2D eigenvalue weighted by atomic mass is 10.3. The number of carbonyl (C=O) groups is 1. The van der Waals surface area contributed by atoms with Crippen LogP contribution in [0.5, 0.6) is 11.5 Å². The first-order valence-electron chi connectivity index (χ1n) is 10.5. The number of amides is 1. The summed E-state index contributed by atoms with van der Waals surface area (Å²) in [7, 11) is 1.60. The second kappa shape index (κ2) is 10.7. The molecule has 2 unspecified atom stereocenters. The minimum Gasteiger partial charge on any atom is -0.493 e. The molecule has 1 amide bonds. The Kier molecular flexibility index (Phi) is 7.43. The topological polar surface area (TPSA) is 104 Å². The number of nitrogens with zero attached hydrogens (tertiary/aromatic N) is 5. The predicted molar refractivity (Wildman–Crippen MR) is 132 cm³/mol. The summed E-state index contributed by atoms with van der Waals surface area (Å²) in [6, 6.07) is 17.2. The van der Waals surface area contributed by atoms with Crippen LogP contribution in [0.4, 0.5) is 5.13 Å². The van der Waals surface area contributed by atoms with Crippen molar-refractivity contribution >= 4 is 34.1 Å². The van der Waals surface area contributed by atoms with Gasteiger partial charge in [0.15, 0.2) is 28.6 Å². The third kappa shape index (κ3) is 5.37. The number of aryl methyl sites for hydroxylation is 1. The Labute approximate surface area is 205 Å². The van der Waals surface area contributed by atoms with Crippen LogP contribution in [0.1, 0.15) is 30.8 Å². The van der Waals surface area contributed by atoms with Gasteiger partial charge >= 0.3 is 0 Å². The minimum atomic E-state index is -0.450. The van der Waals surface area contributed by atoms with Crippen molar-refractivity contribution in [3.05, 3.63) is 65.4 Å². The molecule has 0 bridgehead atoms. The lowest BCUT2D eigenvalue weighted by Gasteiger charge is -2.18. The fourth-order valence-electron chi connectivity index (χ4n) is 3.17. The van der Waals surface area contributed by atoms with E-state index in [1.807, 2.05) is 79.9 Å². The molecule has 0 saturated carbocycles. The summed E-state index contributed by atoms with van der Waals surface area (Å²) in [6.07, 6.45) is -0.438. The lowest BCUT2D eigenvalue weighted by Crippen LogP contribution is -2.23. The molecule has 4 aromatic rings. The molecular formula is C23H24N6O3S2. The van der Waals surface area contributed by atoms with Crippen LogP contribution in [0.2, 0.25) is 0 Å². The largest absolute Gasteiger partial charge is 0.493 e. The molecule has 4 rings (SSSR count). The Bertz CT molecular complexity index is 1260. The van der Waals surface area contributed by atoms with E-state index in [1.54, 1.807) is 7.11 Å². The van der Waals surface area contributed by atoms with Crippen molar-refractivity contribution in [2.45, 2.75) is 37.3 Å². The number of carbonyl (C=O) groups excluding carboxylic acids is 1. The van der Waals surface area contributed by atoms with Gasteiger partial charge in [-0.2, -0.15) is 0 Å². The summed E-state index contributed by atoms with van der Waals surface area (Å²) in [5, 5.41) is 20.9. The molecule has 0 aliphatic rings. The van der Waals surface area contributed by atoms with E-state index in [9.17, 15) is 4.79 Å². The van der Waals surface area contributed by atoms with E-state index in [4.69, 9.17) is 9.47 Å². The van der Waals surface area contributed by atoms with Gasteiger partial charge in [-0.3, -0.25) is 14.7 Å². The SMILES string of the molecule is COc1ccccc1OC(C)c1nnc(SC(C)C(=O)Nc2nnc(C)s2)n1-c1ccccc1. The number of nitrogens with one attached hydrogen (secondary N) is 1. The molecule has 11 heteroatoms. The fourth-order valence-corrected chi connectivity index (χ4v) is 4.63. The highest BCUT2D eigenvalue weighted by atomic mass is 32.2. The molecule has 0 aliphatic carbocycles. The van der Waals surface area contributed by atoms with Crippen LogP contribution in [0, 0.1) is 6.92 Å². The Morgan fingerprint density at radius 3 is 2.38 bits per heavy atom. The van der Waals surface area contributed by atoms with Gasteiger partial charge in [-0.15, -0.1) is 20.4 Å². The van der Waals surface area contributed by atoms with Crippen LogP contribution in [0.25, 0.3) is 5.69 Å². The third-order valence-corrected chi connectivity index (χ3v) is 6.61. The summed E-state index contributed by atoms with van der Waals surface area (Å²) < 4.78 is 13.5.